The third-order valence-electron chi connectivity index (χ3n) is 3.82. The number of hydrogen-bond donors (Lipinski definition) is 1. The molecule has 1 aromatic carbocycles. The van der Waals surface area contributed by atoms with E-state index in [4.69, 9.17) is 10.5 Å². The van der Waals surface area contributed by atoms with Gasteiger partial charge in [0.05, 0.1) is 0 Å². The Kier molecular flexibility index (Phi) is 5.62. The topological polar surface area (TPSA) is 55.6 Å². The Morgan fingerprint density at radius 2 is 2.05 bits per heavy atom. The summed E-state index contributed by atoms with van der Waals surface area (Å²) in [6.07, 6.45) is 4.22. The highest BCUT2D eigenvalue weighted by Gasteiger charge is 2.31. The van der Waals surface area contributed by atoms with Crippen LogP contribution >= 0.6 is 0 Å². The molecule has 21 heavy (non-hydrogen) atoms. The van der Waals surface area contributed by atoms with Crippen molar-refractivity contribution in [1.29, 1.82) is 0 Å². The number of amides is 1. The highest BCUT2D eigenvalue weighted by atomic mass is 16.5. The average molecular weight is 290 g/mol. The van der Waals surface area contributed by atoms with Gasteiger partial charge in [0.25, 0.3) is 5.91 Å². The molecule has 1 unspecified atom stereocenters. The monoisotopic (exact) mass is 290 g/mol. The molecule has 1 fully saturated rings. The van der Waals surface area contributed by atoms with Crippen LogP contribution in [0.1, 0.15) is 38.7 Å². The van der Waals surface area contributed by atoms with E-state index in [1.165, 1.54) is 5.56 Å². The van der Waals surface area contributed by atoms with Crippen molar-refractivity contribution in [1.82, 2.24) is 4.90 Å². The van der Waals surface area contributed by atoms with Gasteiger partial charge in [-0.1, -0.05) is 12.1 Å². The second-order valence-electron chi connectivity index (χ2n) is 5.86. The molecule has 0 aliphatic heterocycles. The van der Waals surface area contributed by atoms with Crippen LogP contribution in [0.5, 0.6) is 5.75 Å². The van der Waals surface area contributed by atoms with Crippen LogP contribution in [0.25, 0.3) is 0 Å². The first-order valence-electron chi connectivity index (χ1n) is 7.87. The number of nitrogens with two attached hydrogens (primary N) is 1. The number of hydrogen-bond acceptors (Lipinski definition) is 3. The van der Waals surface area contributed by atoms with Gasteiger partial charge in [0.1, 0.15) is 5.75 Å². The highest BCUT2D eigenvalue weighted by molar-refractivity contribution is 5.78. The normalized spacial score (nSPS) is 15.6. The second-order valence-corrected chi connectivity index (χ2v) is 5.86. The summed E-state index contributed by atoms with van der Waals surface area (Å²) in [7, 11) is 0. The van der Waals surface area contributed by atoms with Crippen molar-refractivity contribution >= 4 is 5.91 Å². The maximum Gasteiger partial charge on any atom is 0.260 e. The Morgan fingerprint density at radius 1 is 1.38 bits per heavy atom. The van der Waals surface area contributed by atoms with Crippen LogP contribution in [-0.2, 0) is 11.2 Å². The van der Waals surface area contributed by atoms with Crippen molar-refractivity contribution in [3.8, 4) is 5.75 Å². The summed E-state index contributed by atoms with van der Waals surface area (Å²) >= 11 is 0. The quantitative estimate of drug-likeness (QED) is 0.799. The second kappa shape index (κ2) is 7.46. The highest BCUT2D eigenvalue weighted by Crippen LogP contribution is 2.26. The Hall–Kier alpha value is -1.55. The molecule has 0 aromatic heterocycles. The van der Waals surface area contributed by atoms with Gasteiger partial charge >= 0.3 is 0 Å². The number of ether oxygens (including phenoxy) is 1. The van der Waals surface area contributed by atoms with Crippen molar-refractivity contribution in [2.24, 2.45) is 5.73 Å². The van der Waals surface area contributed by atoms with Gasteiger partial charge in [-0.2, -0.15) is 0 Å². The molecule has 1 atom stereocenters. The van der Waals surface area contributed by atoms with Crippen LogP contribution in [0.4, 0.5) is 0 Å². The number of rotatable bonds is 8. The Morgan fingerprint density at radius 3 is 2.57 bits per heavy atom. The minimum Gasteiger partial charge on any atom is -0.484 e. The molecule has 4 nitrogen and oxygen atoms in total. The fourth-order valence-electron chi connectivity index (χ4n) is 2.40. The van der Waals surface area contributed by atoms with Gasteiger partial charge in [-0.25, -0.2) is 0 Å². The van der Waals surface area contributed by atoms with Crippen molar-refractivity contribution in [2.45, 2.75) is 51.6 Å². The van der Waals surface area contributed by atoms with E-state index in [1.54, 1.807) is 0 Å². The van der Waals surface area contributed by atoms with E-state index in [1.807, 2.05) is 43.0 Å². The van der Waals surface area contributed by atoms with Gasteiger partial charge in [-0.05, 0) is 57.2 Å². The molecular formula is C17H26N2O2. The molecule has 1 aliphatic rings. The van der Waals surface area contributed by atoms with Gasteiger partial charge in [0.15, 0.2) is 6.61 Å². The van der Waals surface area contributed by atoms with Gasteiger partial charge in [-0.3, -0.25) is 4.79 Å². The molecular weight excluding hydrogens is 264 g/mol. The minimum atomic E-state index is 0.0843. The maximum absolute atomic E-state index is 12.1. The molecule has 0 heterocycles. The van der Waals surface area contributed by atoms with E-state index in [9.17, 15) is 4.79 Å². The van der Waals surface area contributed by atoms with Crippen LogP contribution < -0.4 is 10.5 Å². The molecule has 1 aromatic rings. The van der Waals surface area contributed by atoms with E-state index in [-0.39, 0.29) is 18.6 Å². The Bertz CT molecular complexity index is 452. The predicted molar refractivity (Wildman–Crippen MR) is 84.3 cm³/mol. The SMILES string of the molecule is CCN(C(=O)COc1ccc(CCC(C)N)cc1)C1CC1. The lowest BCUT2D eigenvalue weighted by Gasteiger charge is -2.20. The minimum absolute atomic E-state index is 0.0843. The summed E-state index contributed by atoms with van der Waals surface area (Å²) in [4.78, 5) is 14.0. The summed E-state index contributed by atoms with van der Waals surface area (Å²) in [6.45, 7) is 4.93. The number of benzene rings is 1. The third-order valence-corrected chi connectivity index (χ3v) is 3.82. The zero-order valence-electron chi connectivity index (χ0n) is 13.0. The molecule has 0 radical (unpaired) electrons. The molecule has 1 saturated carbocycles. The van der Waals surface area contributed by atoms with E-state index in [0.29, 0.717) is 6.04 Å². The molecule has 116 valence electrons. The van der Waals surface area contributed by atoms with E-state index >= 15 is 0 Å². The van der Waals surface area contributed by atoms with Gasteiger partial charge in [0, 0.05) is 18.6 Å². The number of carbonyl (C=O) groups excluding carboxylic acids is 1. The van der Waals surface area contributed by atoms with E-state index < -0.39 is 0 Å². The first-order chi connectivity index (χ1) is 10.1. The number of aryl methyl sites for hydroxylation is 1. The van der Waals surface area contributed by atoms with Crippen molar-refractivity contribution in [2.75, 3.05) is 13.2 Å². The lowest BCUT2D eigenvalue weighted by Crippen LogP contribution is -2.36. The summed E-state index contributed by atoms with van der Waals surface area (Å²) in [5.74, 6) is 0.834. The number of likely N-dealkylation sites (N-methyl/N-ethyl adjacent to an activating group) is 1. The summed E-state index contributed by atoms with van der Waals surface area (Å²) in [6, 6.07) is 8.61. The lowest BCUT2D eigenvalue weighted by atomic mass is 10.1. The zero-order valence-corrected chi connectivity index (χ0v) is 13.0. The zero-order chi connectivity index (χ0) is 15.2. The summed E-state index contributed by atoms with van der Waals surface area (Å²) in [5.41, 5.74) is 7.00. The van der Waals surface area contributed by atoms with Gasteiger partial charge in [-0.15, -0.1) is 0 Å². The van der Waals surface area contributed by atoms with Crippen LogP contribution in [0, 0.1) is 0 Å². The number of nitrogens with zero attached hydrogens (tertiary/aromatic N) is 1. The van der Waals surface area contributed by atoms with Crippen molar-refractivity contribution in [3.05, 3.63) is 29.8 Å². The maximum atomic E-state index is 12.1. The van der Waals surface area contributed by atoms with Gasteiger partial charge < -0.3 is 15.4 Å². The summed E-state index contributed by atoms with van der Waals surface area (Å²) < 4.78 is 5.59. The van der Waals surface area contributed by atoms with Crippen LogP contribution in [0.15, 0.2) is 24.3 Å². The predicted octanol–water partition coefficient (Wildman–Crippen LogP) is 2.36. The van der Waals surface area contributed by atoms with E-state index in [0.717, 1.165) is 38.0 Å². The van der Waals surface area contributed by atoms with Crippen molar-refractivity contribution < 1.29 is 9.53 Å². The molecule has 0 bridgehead atoms. The molecule has 0 spiro atoms. The average Bonchev–Trinajstić information content (AvgIpc) is 3.29. The number of carbonyl (C=O) groups is 1. The first-order valence-corrected chi connectivity index (χ1v) is 7.87. The molecule has 4 heteroatoms. The smallest absolute Gasteiger partial charge is 0.260 e. The lowest BCUT2D eigenvalue weighted by molar-refractivity contribution is -0.133. The fourth-order valence-corrected chi connectivity index (χ4v) is 2.40. The Balaban J connectivity index is 1.78. The Labute approximate surface area is 127 Å². The molecule has 2 N–H and O–H groups in total. The fraction of sp³-hybridized carbons (Fsp3) is 0.588. The molecule has 2 rings (SSSR count). The van der Waals surface area contributed by atoms with Crippen LogP contribution in [0.2, 0.25) is 0 Å². The summed E-state index contributed by atoms with van der Waals surface area (Å²) in [5, 5.41) is 0. The van der Waals surface area contributed by atoms with Crippen LogP contribution in [0.3, 0.4) is 0 Å². The van der Waals surface area contributed by atoms with Crippen molar-refractivity contribution in [3.63, 3.8) is 0 Å². The molecule has 1 aliphatic carbocycles. The third kappa shape index (κ3) is 5.05. The first kappa shape index (κ1) is 15.8. The largest absolute Gasteiger partial charge is 0.484 e. The van der Waals surface area contributed by atoms with Crippen LogP contribution in [-0.4, -0.2) is 36.0 Å². The standard InChI is InChI=1S/C17H26N2O2/c1-3-19(15-8-9-15)17(20)12-21-16-10-6-14(7-11-16)5-4-13(2)18/h6-7,10-11,13,15H,3-5,8-9,12,18H2,1-2H3. The molecule has 1 amide bonds. The van der Waals surface area contributed by atoms with Gasteiger partial charge in [0.2, 0.25) is 0 Å². The molecule has 0 saturated heterocycles. The van der Waals surface area contributed by atoms with E-state index in [2.05, 4.69) is 0 Å².